The van der Waals surface area contributed by atoms with Gasteiger partial charge in [-0.2, -0.15) is 0 Å². The van der Waals surface area contributed by atoms with Gasteiger partial charge in [0, 0.05) is 36.8 Å². The van der Waals surface area contributed by atoms with Crippen LogP contribution in [-0.4, -0.2) is 128 Å². The number of aliphatic hydroxyl groups is 6. The molecule has 10 atom stereocenters. The summed E-state index contributed by atoms with van der Waals surface area (Å²) in [5.74, 6) is 1.61. The van der Waals surface area contributed by atoms with Crippen molar-refractivity contribution in [3.8, 4) is 5.75 Å². The van der Waals surface area contributed by atoms with E-state index in [1.165, 1.54) is 0 Å². The normalized spacial score (nSPS) is 25.0. The monoisotopic (exact) mass is 802 g/mol. The van der Waals surface area contributed by atoms with E-state index in [-0.39, 0.29) is 51.9 Å². The lowest BCUT2D eigenvalue weighted by Crippen LogP contribution is -3.00. The minimum absolute atomic E-state index is 0. The Morgan fingerprint density at radius 1 is 0.804 bits per heavy atom. The lowest BCUT2D eigenvalue weighted by molar-refractivity contribution is -0.676. The molecular formula is C40H55ClN4O11. The fourth-order valence-electron chi connectivity index (χ4n) is 7.41. The first-order chi connectivity index (χ1) is 26.6. The van der Waals surface area contributed by atoms with Crippen LogP contribution in [0.3, 0.4) is 0 Å². The number of halogens is 1. The van der Waals surface area contributed by atoms with Crippen molar-refractivity contribution in [2.45, 2.75) is 94.9 Å². The number of imidazole rings is 1. The molecule has 1 aromatic heterocycles. The average molecular weight is 803 g/mol. The van der Waals surface area contributed by atoms with Crippen LogP contribution in [0.4, 0.5) is 0 Å². The number of hydrogen-bond donors (Lipinski definition) is 7. The zero-order chi connectivity index (χ0) is 39.1. The predicted molar refractivity (Wildman–Crippen MR) is 199 cm³/mol. The number of rotatable bonds is 17. The van der Waals surface area contributed by atoms with E-state index in [0.29, 0.717) is 23.4 Å². The molecule has 0 radical (unpaired) electrons. The lowest BCUT2D eigenvalue weighted by Gasteiger charge is -2.40. The van der Waals surface area contributed by atoms with Gasteiger partial charge in [-0.1, -0.05) is 60.7 Å². The smallest absolute Gasteiger partial charge is 0.271 e. The third-order valence-electron chi connectivity index (χ3n) is 10.3. The summed E-state index contributed by atoms with van der Waals surface area (Å²) in [5, 5.41) is 66.9. The number of nitrogens with zero attached hydrogens (tertiary/aromatic N) is 3. The number of fused-ring (bicyclic) bond motifs is 1. The summed E-state index contributed by atoms with van der Waals surface area (Å²) in [6, 6.07) is 24.0. The second-order valence-electron chi connectivity index (χ2n) is 14.0. The molecule has 8 N–H and O–H groups in total. The zero-order valence-corrected chi connectivity index (χ0v) is 32.4. The molecule has 0 spiro atoms. The molecule has 2 saturated heterocycles. The van der Waals surface area contributed by atoms with Gasteiger partial charge in [0.25, 0.3) is 5.82 Å². The summed E-state index contributed by atoms with van der Waals surface area (Å²) in [6.45, 7) is 5.62. The molecule has 308 valence electrons. The summed E-state index contributed by atoms with van der Waals surface area (Å²) >= 11 is 0. The molecule has 16 heteroatoms. The van der Waals surface area contributed by atoms with Gasteiger partial charge in [0.05, 0.1) is 45.1 Å². The highest BCUT2D eigenvalue weighted by atomic mass is 35.5. The summed E-state index contributed by atoms with van der Waals surface area (Å²) in [5.41, 5.74) is 9.50. The van der Waals surface area contributed by atoms with Crippen molar-refractivity contribution >= 4 is 11.0 Å². The van der Waals surface area contributed by atoms with Crippen LogP contribution in [0.2, 0.25) is 0 Å². The first-order valence-corrected chi connectivity index (χ1v) is 19.0. The van der Waals surface area contributed by atoms with Crippen molar-refractivity contribution in [3.63, 3.8) is 0 Å². The summed E-state index contributed by atoms with van der Waals surface area (Å²) in [7, 11) is 0. The molecule has 4 aromatic rings. The van der Waals surface area contributed by atoms with Gasteiger partial charge in [0.2, 0.25) is 0 Å². The number of aliphatic hydroxyl groups excluding tert-OH is 6. The van der Waals surface area contributed by atoms with Gasteiger partial charge in [-0.15, -0.1) is 0 Å². The molecule has 0 saturated carbocycles. The number of hydrogen-bond acceptors (Lipinski definition) is 13. The quantitative estimate of drug-likeness (QED) is 0.0553. The molecule has 56 heavy (non-hydrogen) atoms. The van der Waals surface area contributed by atoms with Crippen LogP contribution in [0.25, 0.3) is 11.0 Å². The van der Waals surface area contributed by atoms with Crippen molar-refractivity contribution in [2.24, 2.45) is 5.73 Å². The van der Waals surface area contributed by atoms with Crippen LogP contribution in [0.15, 0.2) is 78.9 Å². The minimum atomic E-state index is -1.55. The third-order valence-corrected chi connectivity index (χ3v) is 10.3. The van der Waals surface area contributed by atoms with Crippen molar-refractivity contribution in [1.82, 2.24) is 9.47 Å². The third kappa shape index (κ3) is 10.1. The highest BCUT2D eigenvalue weighted by molar-refractivity contribution is 5.74. The number of nitrogens with two attached hydrogens (primary N) is 1. The Morgan fingerprint density at radius 3 is 1.79 bits per heavy atom. The summed E-state index contributed by atoms with van der Waals surface area (Å²) in [6.07, 6.45) is -12.6. The number of aromatic nitrogens is 2. The molecular weight excluding hydrogens is 748 g/mol. The van der Waals surface area contributed by atoms with E-state index in [2.05, 4.69) is 23.0 Å². The molecule has 2 aliphatic heterocycles. The SMILES string of the molecule is CCn1c(CN)[n+](CC)c2cc(OCCN(CC(O)C(O)[C@@H]3OC(c4ccccc4)OC[C@H]3O)CC(O)C(O)[C@@H]3OC(c4ccccc4)OC[C@H]3O)ccc21.[Cl-]. The van der Waals surface area contributed by atoms with Crippen molar-refractivity contribution in [3.05, 3.63) is 95.8 Å². The van der Waals surface area contributed by atoms with Gasteiger partial charge in [-0.3, -0.25) is 4.90 Å². The Morgan fingerprint density at radius 2 is 1.32 bits per heavy atom. The lowest BCUT2D eigenvalue weighted by atomic mass is 9.99. The van der Waals surface area contributed by atoms with E-state index in [1.54, 1.807) is 29.2 Å². The number of aryl methyl sites for hydroxylation is 2. The van der Waals surface area contributed by atoms with E-state index < -0.39 is 61.4 Å². The van der Waals surface area contributed by atoms with E-state index in [1.807, 2.05) is 54.6 Å². The Hall–Kier alpha value is -3.26. The Labute approximate surface area is 332 Å². The zero-order valence-electron chi connectivity index (χ0n) is 31.7. The summed E-state index contributed by atoms with van der Waals surface area (Å²) < 4.78 is 33.7. The van der Waals surface area contributed by atoms with Crippen LogP contribution < -0.4 is 27.4 Å². The number of ether oxygens (including phenoxy) is 5. The van der Waals surface area contributed by atoms with Gasteiger partial charge in [0.1, 0.15) is 49.0 Å². The van der Waals surface area contributed by atoms with Gasteiger partial charge in [0.15, 0.2) is 23.6 Å². The van der Waals surface area contributed by atoms with E-state index in [4.69, 9.17) is 29.4 Å². The Kier molecular flexibility index (Phi) is 16.0. The second kappa shape index (κ2) is 20.4. The maximum Gasteiger partial charge on any atom is 0.271 e. The molecule has 15 nitrogen and oxygen atoms in total. The van der Waals surface area contributed by atoms with E-state index in [0.717, 1.165) is 29.9 Å². The number of benzene rings is 3. The highest BCUT2D eigenvalue weighted by Crippen LogP contribution is 2.31. The maximum atomic E-state index is 11.4. The predicted octanol–water partition coefficient (Wildman–Crippen LogP) is -2.49. The fourth-order valence-corrected chi connectivity index (χ4v) is 7.41. The first-order valence-electron chi connectivity index (χ1n) is 19.0. The van der Waals surface area contributed by atoms with Gasteiger partial charge >= 0.3 is 0 Å². The van der Waals surface area contributed by atoms with Crippen LogP contribution in [0.5, 0.6) is 5.75 Å². The molecule has 0 amide bonds. The molecule has 2 fully saturated rings. The molecule has 6 unspecified atom stereocenters. The largest absolute Gasteiger partial charge is 1.00 e. The Balaban J connectivity index is 0.00000600. The molecule has 2 aliphatic rings. The molecule has 0 bridgehead atoms. The molecule has 3 heterocycles. The Bertz CT molecular complexity index is 1710. The topological polar surface area (TPSA) is 206 Å². The van der Waals surface area contributed by atoms with Crippen LogP contribution >= 0.6 is 0 Å². The molecule has 6 rings (SSSR count). The molecule has 0 aliphatic carbocycles. The fraction of sp³-hybridized carbons (Fsp3) is 0.525. The van der Waals surface area contributed by atoms with Crippen LogP contribution in [0, 0.1) is 0 Å². The second-order valence-corrected chi connectivity index (χ2v) is 14.0. The van der Waals surface area contributed by atoms with Crippen molar-refractivity contribution in [1.29, 1.82) is 0 Å². The van der Waals surface area contributed by atoms with Crippen molar-refractivity contribution in [2.75, 3.05) is 39.5 Å². The van der Waals surface area contributed by atoms with Gasteiger partial charge < -0.3 is 72.5 Å². The molecule has 3 aromatic carbocycles. The van der Waals surface area contributed by atoms with E-state index in [9.17, 15) is 30.6 Å². The van der Waals surface area contributed by atoms with Crippen LogP contribution in [0.1, 0.15) is 43.4 Å². The minimum Gasteiger partial charge on any atom is -1.00 e. The average Bonchev–Trinajstić information content (AvgIpc) is 3.53. The van der Waals surface area contributed by atoms with E-state index >= 15 is 0 Å². The maximum absolute atomic E-state index is 11.4. The van der Waals surface area contributed by atoms with Gasteiger partial charge in [-0.25, -0.2) is 9.13 Å². The standard InChI is InChI=1S/C40H55N4O11.ClH/c1-3-43-28-16-15-27(19-29(28)44(4-2)34(43)20-41)51-18-17-42(21-30(45)35(49)37-32(47)23-52-39(54-37)25-11-7-5-8-12-25)22-31(46)36(50)38-33(48)24-53-40(55-38)26-13-9-6-10-14-26;/h5-16,19,30-33,35-40,45-50H,3-4,17-18,20-24,41H2,1-2H3;1H/q+1;/p-1/t30?,31?,32-,33-,35?,36?,37-,38-,39?,40?;/m1./s1. The van der Waals surface area contributed by atoms with Crippen molar-refractivity contribution < 1.29 is 71.3 Å². The highest BCUT2D eigenvalue weighted by Gasteiger charge is 2.42. The summed E-state index contributed by atoms with van der Waals surface area (Å²) in [4.78, 5) is 1.63. The van der Waals surface area contributed by atoms with Crippen LogP contribution in [-0.2, 0) is 38.6 Å². The first kappa shape index (κ1) is 43.9. The van der Waals surface area contributed by atoms with Gasteiger partial charge in [-0.05, 0) is 26.0 Å².